The second-order valence-electron chi connectivity index (χ2n) is 5.14. The van der Waals surface area contributed by atoms with Gasteiger partial charge >= 0.3 is 0 Å². The molecule has 0 aliphatic rings. The van der Waals surface area contributed by atoms with Gasteiger partial charge < -0.3 is 14.8 Å². The number of nitro benzene ring substituents is 1. The van der Waals surface area contributed by atoms with Crippen molar-refractivity contribution in [1.29, 1.82) is 0 Å². The van der Waals surface area contributed by atoms with E-state index in [0.717, 1.165) is 5.56 Å². The van der Waals surface area contributed by atoms with Gasteiger partial charge in [-0.05, 0) is 49.0 Å². The van der Waals surface area contributed by atoms with E-state index < -0.39 is 4.92 Å². The number of rotatable bonds is 6. The number of nitro groups is 1. The maximum Gasteiger partial charge on any atom is 0.269 e. The van der Waals surface area contributed by atoms with Gasteiger partial charge in [0.25, 0.3) is 5.69 Å². The molecular formula is C17H18N4O4S. The molecule has 0 aliphatic carbocycles. The fourth-order valence-electron chi connectivity index (χ4n) is 2.10. The van der Waals surface area contributed by atoms with Crippen LogP contribution in [0.3, 0.4) is 0 Å². The van der Waals surface area contributed by atoms with Gasteiger partial charge in [-0.25, -0.2) is 0 Å². The van der Waals surface area contributed by atoms with Crippen molar-refractivity contribution < 1.29 is 14.4 Å². The zero-order chi connectivity index (χ0) is 19.1. The minimum Gasteiger partial charge on any atom is -0.493 e. The van der Waals surface area contributed by atoms with Crippen molar-refractivity contribution in [2.75, 3.05) is 19.5 Å². The Labute approximate surface area is 156 Å². The molecule has 2 rings (SSSR count). The van der Waals surface area contributed by atoms with Gasteiger partial charge in [0.15, 0.2) is 16.6 Å². The van der Waals surface area contributed by atoms with Crippen molar-refractivity contribution in [3.63, 3.8) is 0 Å². The third-order valence-corrected chi connectivity index (χ3v) is 3.66. The van der Waals surface area contributed by atoms with Crippen LogP contribution in [0.4, 0.5) is 11.4 Å². The molecule has 0 unspecified atom stereocenters. The van der Waals surface area contributed by atoms with Crippen molar-refractivity contribution in [2.24, 2.45) is 5.10 Å². The van der Waals surface area contributed by atoms with E-state index in [1.807, 2.05) is 0 Å². The molecule has 0 bridgehead atoms. The lowest BCUT2D eigenvalue weighted by molar-refractivity contribution is -0.384. The number of hydrogen-bond acceptors (Lipinski definition) is 6. The van der Waals surface area contributed by atoms with Gasteiger partial charge in [-0.2, -0.15) is 5.10 Å². The van der Waals surface area contributed by atoms with E-state index in [-0.39, 0.29) is 5.69 Å². The average molecular weight is 374 g/mol. The van der Waals surface area contributed by atoms with Crippen molar-refractivity contribution in [2.45, 2.75) is 6.92 Å². The number of non-ortho nitro benzene ring substituents is 1. The molecule has 0 spiro atoms. The summed E-state index contributed by atoms with van der Waals surface area (Å²) in [5, 5.41) is 18.1. The first-order valence-corrected chi connectivity index (χ1v) is 7.93. The minimum absolute atomic E-state index is 0.0279. The van der Waals surface area contributed by atoms with Crippen molar-refractivity contribution in [3.8, 4) is 11.5 Å². The SMILES string of the molecule is COc1ccc(NC(=S)N/N=C(/C)c2ccc([N+](=O)[O-])cc2)cc1OC. The van der Waals surface area contributed by atoms with Crippen LogP contribution in [0.1, 0.15) is 12.5 Å². The summed E-state index contributed by atoms with van der Waals surface area (Å²) in [6, 6.07) is 11.4. The largest absolute Gasteiger partial charge is 0.493 e. The predicted molar refractivity (Wildman–Crippen MR) is 104 cm³/mol. The molecule has 26 heavy (non-hydrogen) atoms. The number of anilines is 1. The molecule has 0 fully saturated rings. The predicted octanol–water partition coefficient (Wildman–Crippen LogP) is 3.32. The number of ether oxygens (including phenoxy) is 2. The highest BCUT2D eigenvalue weighted by atomic mass is 32.1. The third kappa shape index (κ3) is 4.90. The van der Waals surface area contributed by atoms with Crippen LogP contribution in [0.25, 0.3) is 0 Å². The zero-order valence-corrected chi connectivity index (χ0v) is 15.3. The van der Waals surface area contributed by atoms with Gasteiger partial charge in [-0.15, -0.1) is 0 Å². The summed E-state index contributed by atoms with van der Waals surface area (Å²) in [5.74, 6) is 1.19. The van der Waals surface area contributed by atoms with Gasteiger partial charge in [-0.1, -0.05) is 0 Å². The van der Waals surface area contributed by atoms with Crippen LogP contribution in [-0.4, -0.2) is 30.0 Å². The highest BCUT2D eigenvalue weighted by Crippen LogP contribution is 2.29. The second-order valence-corrected chi connectivity index (χ2v) is 5.55. The summed E-state index contributed by atoms with van der Waals surface area (Å²) >= 11 is 5.21. The Bertz CT molecular complexity index is 837. The Balaban J connectivity index is 2.01. The molecule has 2 aromatic rings. The highest BCUT2D eigenvalue weighted by Gasteiger charge is 2.07. The molecule has 0 saturated heterocycles. The summed E-state index contributed by atoms with van der Waals surface area (Å²) in [6.07, 6.45) is 0. The molecule has 0 radical (unpaired) electrons. The fraction of sp³-hybridized carbons (Fsp3) is 0.176. The number of thiocarbonyl (C=S) groups is 1. The number of hydrazone groups is 1. The van der Waals surface area contributed by atoms with E-state index in [2.05, 4.69) is 15.8 Å². The maximum absolute atomic E-state index is 10.7. The monoisotopic (exact) mass is 374 g/mol. The lowest BCUT2D eigenvalue weighted by Gasteiger charge is -2.11. The Kier molecular flexibility index (Phi) is 6.45. The number of nitrogens with zero attached hydrogens (tertiary/aromatic N) is 2. The summed E-state index contributed by atoms with van der Waals surface area (Å²) in [6.45, 7) is 1.77. The normalized spacial score (nSPS) is 10.8. The van der Waals surface area contributed by atoms with Crippen LogP contribution in [0, 0.1) is 10.1 Å². The van der Waals surface area contributed by atoms with E-state index in [0.29, 0.717) is 28.0 Å². The molecule has 0 heterocycles. The fourth-order valence-corrected chi connectivity index (χ4v) is 2.26. The summed E-state index contributed by atoms with van der Waals surface area (Å²) < 4.78 is 10.4. The smallest absolute Gasteiger partial charge is 0.269 e. The van der Waals surface area contributed by atoms with Crippen LogP contribution in [0.15, 0.2) is 47.6 Å². The highest BCUT2D eigenvalue weighted by molar-refractivity contribution is 7.80. The molecule has 0 atom stereocenters. The van der Waals surface area contributed by atoms with Crippen molar-refractivity contribution in [3.05, 3.63) is 58.1 Å². The molecule has 0 saturated carbocycles. The minimum atomic E-state index is -0.448. The Morgan fingerprint density at radius 3 is 2.35 bits per heavy atom. The molecule has 136 valence electrons. The average Bonchev–Trinajstić information content (AvgIpc) is 2.66. The van der Waals surface area contributed by atoms with Crippen LogP contribution in [0.5, 0.6) is 11.5 Å². The number of nitrogens with one attached hydrogen (secondary N) is 2. The molecule has 0 amide bonds. The van der Waals surface area contributed by atoms with Gasteiger partial charge in [0.1, 0.15) is 0 Å². The lowest BCUT2D eigenvalue weighted by Crippen LogP contribution is -2.25. The molecule has 0 aliphatic heterocycles. The Morgan fingerprint density at radius 2 is 1.77 bits per heavy atom. The lowest BCUT2D eigenvalue weighted by atomic mass is 10.1. The second kappa shape index (κ2) is 8.77. The summed E-state index contributed by atoms with van der Waals surface area (Å²) in [5.41, 5.74) is 4.86. The third-order valence-electron chi connectivity index (χ3n) is 3.46. The van der Waals surface area contributed by atoms with E-state index in [4.69, 9.17) is 21.7 Å². The quantitative estimate of drug-likeness (QED) is 0.346. The summed E-state index contributed by atoms with van der Waals surface area (Å²) in [7, 11) is 3.11. The molecule has 8 nitrogen and oxygen atoms in total. The Hall–Kier alpha value is -3.20. The Morgan fingerprint density at radius 1 is 1.12 bits per heavy atom. The van der Waals surface area contributed by atoms with E-state index in [1.54, 1.807) is 51.5 Å². The first-order valence-electron chi connectivity index (χ1n) is 7.52. The maximum atomic E-state index is 10.7. The van der Waals surface area contributed by atoms with Crippen LogP contribution in [-0.2, 0) is 0 Å². The van der Waals surface area contributed by atoms with E-state index in [1.165, 1.54) is 12.1 Å². The van der Waals surface area contributed by atoms with Crippen molar-refractivity contribution in [1.82, 2.24) is 5.43 Å². The van der Waals surface area contributed by atoms with Crippen LogP contribution in [0.2, 0.25) is 0 Å². The number of hydrogen-bond donors (Lipinski definition) is 2. The first-order chi connectivity index (χ1) is 12.4. The van der Waals surface area contributed by atoms with Gasteiger partial charge in [0.2, 0.25) is 0 Å². The first kappa shape index (κ1) is 19.1. The van der Waals surface area contributed by atoms with Gasteiger partial charge in [0, 0.05) is 23.9 Å². The van der Waals surface area contributed by atoms with E-state index >= 15 is 0 Å². The number of benzene rings is 2. The van der Waals surface area contributed by atoms with Crippen LogP contribution >= 0.6 is 12.2 Å². The topological polar surface area (TPSA) is 98.0 Å². The molecule has 2 N–H and O–H groups in total. The van der Waals surface area contributed by atoms with Crippen LogP contribution < -0.4 is 20.2 Å². The molecule has 2 aromatic carbocycles. The molecule has 0 aromatic heterocycles. The molecule has 9 heteroatoms. The van der Waals surface area contributed by atoms with Gasteiger partial charge in [-0.3, -0.25) is 15.5 Å². The summed E-state index contributed by atoms with van der Waals surface area (Å²) in [4.78, 5) is 10.2. The molecular weight excluding hydrogens is 356 g/mol. The zero-order valence-electron chi connectivity index (χ0n) is 14.5. The van der Waals surface area contributed by atoms with E-state index in [9.17, 15) is 10.1 Å². The standard InChI is InChI=1S/C17H18N4O4S/c1-11(12-4-7-14(8-5-12)21(22)23)19-20-17(26)18-13-6-9-15(24-2)16(10-13)25-3/h4-10H,1-3H3,(H2,18,20,26)/b19-11-. The number of methoxy groups -OCH3 is 2. The van der Waals surface area contributed by atoms with Gasteiger partial charge in [0.05, 0.1) is 24.9 Å². The van der Waals surface area contributed by atoms with Crippen molar-refractivity contribution >= 4 is 34.4 Å².